The van der Waals surface area contributed by atoms with Gasteiger partial charge in [0.2, 0.25) is 0 Å². The minimum Gasteiger partial charge on any atom is -0.355 e. The summed E-state index contributed by atoms with van der Waals surface area (Å²) in [5.74, 6) is 2.05. The first-order valence-corrected chi connectivity index (χ1v) is 10.4. The van der Waals surface area contributed by atoms with Crippen LogP contribution in [0.1, 0.15) is 19.4 Å². The van der Waals surface area contributed by atoms with E-state index in [1.54, 1.807) is 7.05 Å². The molecule has 2 aromatic rings. The zero-order valence-electron chi connectivity index (χ0n) is 15.8. The SMILES string of the molecule is CN=C(NCCS(=O)c1ccccc1)N1CCC(C)C(n2ccnc2)C1.I. The number of hydrogen-bond donors (Lipinski definition) is 1. The monoisotopic (exact) mass is 501 g/mol. The molecule has 1 aromatic heterocycles. The molecule has 1 aliphatic heterocycles. The zero-order chi connectivity index (χ0) is 18.4. The third kappa shape index (κ3) is 5.78. The Morgan fingerprint density at radius 2 is 2.15 bits per heavy atom. The van der Waals surface area contributed by atoms with E-state index in [0.717, 1.165) is 30.4 Å². The molecule has 3 unspecified atom stereocenters. The molecule has 0 spiro atoms. The highest BCUT2D eigenvalue weighted by Gasteiger charge is 2.28. The van der Waals surface area contributed by atoms with Crippen molar-refractivity contribution in [2.24, 2.45) is 10.9 Å². The molecule has 0 bridgehead atoms. The lowest BCUT2D eigenvalue weighted by Gasteiger charge is -2.39. The first kappa shape index (κ1) is 21.9. The lowest BCUT2D eigenvalue weighted by atomic mass is 9.93. The molecule has 8 heteroatoms. The molecule has 1 aromatic carbocycles. The average Bonchev–Trinajstić information content (AvgIpc) is 3.21. The van der Waals surface area contributed by atoms with Gasteiger partial charge in [-0.1, -0.05) is 25.1 Å². The highest BCUT2D eigenvalue weighted by Crippen LogP contribution is 2.27. The highest BCUT2D eigenvalue weighted by atomic mass is 127. The van der Waals surface area contributed by atoms with E-state index in [1.807, 2.05) is 49.1 Å². The minimum absolute atomic E-state index is 0. The molecular weight excluding hydrogens is 473 g/mol. The van der Waals surface area contributed by atoms with Crippen molar-refractivity contribution in [3.05, 3.63) is 49.1 Å². The molecule has 0 amide bonds. The van der Waals surface area contributed by atoms with Gasteiger partial charge in [-0.05, 0) is 24.5 Å². The molecule has 1 N–H and O–H groups in total. The summed E-state index contributed by atoms with van der Waals surface area (Å²) in [4.78, 5) is 11.8. The smallest absolute Gasteiger partial charge is 0.193 e. The van der Waals surface area contributed by atoms with Gasteiger partial charge in [0.15, 0.2) is 5.96 Å². The van der Waals surface area contributed by atoms with E-state index in [-0.39, 0.29) is 24.0 Å². The molecule has 3 atom stereocenters. The van der Waals surface area contributed by atoms with Crippen molar-refractivity contribution < 1.29 is 4.21 Å². The van der Waals surface area contributed by atoms with E-state index in [0.29, 0.717) is 24.3 Å². The Kier molecular flexibility index (Phi) is 8.75. The van der Waals surface area contributed by atoms with Crippen LogP contribution in [0, 0.1) is 5.92 Å². The lowest BCUT2D eigenvalue weighted by Crippen LogP contribution is -2.49. The molecule has 0 saturated carbocycles. The molecule has 0 aliphatic carbocycles. The predicted molar refractivity (Wildman–Crippen MR) is 121 cm³/mol. The Labute approximate surface area is 180 Å². The van der Waals surface area contributed by atoms with E-state index in [9.17, 15) is 4.21 Å². The van der Waals surface area contributed by atoms with Crippen molar-refractivity contribution in [2.45, 2.75) is 24.3 Å². The molecule has 1 aliphatic rings. The average molecular weight is 501 g/mol. The molecule has 148 valence electrons. The van der Waals surface area contributed by atoms with Crippen molar-refractivity contribution in [1.82, 2.24) is 19.8 Å². The van der Waals surface area contributed by atoms with Gasteiger partial charge in [-0.2, -0.15) is 0 Å². The molecule has 2 heterocycles. The van der Waals surface area contributed by atoms with Gasteiger partial charge in [-0.25, -0.2) is 4.98 Å². The number of aliphatic imine (C=N–C) groups is 1. The van der Waals surface area contributed by atoms with E-state index in [2.05, 4.69) is 31.7 Å². The standard InChI is InChI=1S/C19H27N5OS.HI/c1-16-8-11-23(14-18(16)24-12-9-21-15-24)19(20-2)22-10-13-26(25)17-6-4-3-5-7-17;/h3-7,9,12,15-16,18H,8,10-11,13-14H2,1-2H3,(H,20,22);1H. The van der Waals surface area contributed by atoms with Crippen LogP contribution in [0.2, 0.25) is 0 Å². The van der Waals surface area contributed by atoms with Crippen LogP contribution in [0.4, 0.5) is 0 Å². The zero-order valence-corrected chi connectivity index (χ0v) is 19.0. The number of nitrogens with zero attached hydrogens (tertiary/aromatic N) is 4. The number of nitrogens with one attached hydrogen (secondary N) is 1. The van der Waals surface area contributed by atoms with Crippen LogP contribution in [0.3, 0.4) is 0 Å². The Hall–Kier alpha value is -1.42. The van der Waals surface area contributed by atoms with E-state index < -0.39 is 10.8 Å². The van der Waals surface area contributed by atoms with Gasteiger partial charge < -0.3 is 14.8 Å². The summed E-state index contributed by atoms with van der Waals surface area (Å²) in [6, 6.07) is 9.99. The normalized spacial score (nSPS) is 21.4. The summed E-state index contributed by atoms with van der Waals surface area (Å²) in [6.45, 7) is 4.81. The summed E-state index contributed by atoms with van der Waals surface area (Å²) in [5, 5.41) is 3.38. The fourth-order valence-corrected chi connectivity index (χ4v) is 4.36. The number of hydrogen-bond acceptors (Lipinski definition) is 3. The number of piperidine rings is 1. The second-order valence-electron chi connectivity index (χ2n) is 6.63. The molecule has 1 saturated heterocycles. The van der Waals surface area contributed by atoms with Gasteiger partial charge in [0.1, 0.15) is 0 Å². The second kappa shape index (κ2) is 10.8. The molecule has 0 radical (unpaired) electrons. The number of aromatic nitrogens is 2. The van der Waals surface area contributed by atoms with Crippen molar-refractivity contribution >= 4 is 40.7 Å². The van der Waals surface area contributed by atoms with Gasteiger partial charge >= 0.3 is 0 Å². The number of guanidine groups is 1. The predicted octanol–water partition coefficient (Wildman–Crippen LogP) is 2.77. The van der Waals surface area contributed by atoms with Crippen molar-refractivity contribution in [3.8, 4) is 0 Å². The molecular formula is C19H28IN5OS. The molecule has 6 nitrogen and oxygen atoms in total. The molecule has 27 heavy (non-hydrogen) atoms. The second-order valence-corrected chi connectivity index (χ2v) is 8.20. The quantitative estimate of drug-likeness (QED) is 0.389. The van der Waals surface area contributed by atoms with Gasteiger partial charge in [-0.3, -0.25) is 9.20 Å². The number of rotatable bonds is 5. The first-order valence-electron chi connectivity index (χ1n) is 9.05. The van der Waals surface area contributed by atoms with Crippen LogP contribution in [-0.2, 0) is 10.8 Å². The molecule has 3 rings (SSSR count). The number of benzene rings is 1. The van der Waals surface area contributed by atoms with Crippen LogP contribution in [-0.4, -0.2) is 57.1 Å². The summed E-state index contributed by atoms with van der Waals surface area (Å²) in [5.41, 5.74) is 0. The lowest BCUT2D eigenvalue weighted by molar-refractivity contribution is 0.189. The Morgan fingerprint density at radius 3 is 2.81 bits per heavy atom. The van der Waals surface area contributed by atoms with Crippen LogP contribution in [0.15, 0.2) is 58.9 Å². The fourth-order valence-electron chi connectivity index (χ4n) is 3.37. The maximum Gasteiger partial charge on any atom is 0.193 e. The van der Waals surface area contributed by atoms with Crippen LogP contribution >= 0.6 is 24.0 Å². The Bertz CT molecular complexity index is 738. The maximum atomic E-state index is 12.3. The number of imidazole rings is 1. The largest absolute Gasteiger partial charge is 0.355 e. The number of likely N-dealkylation sites (tertiary alicyclic amines) is 1. The van der Waals surface area contributed by atoms with E-state index in [4.69, 9.17) is 0 Å². The van der Waals surface area contributed by atoms with Gasteiger partial charge in [-0.15, -0.1) is 24.0 Å². The van der Waals surface area contributed by atoms with Gasteiger partial charge in [0.05, 0.1) is 23.2 Å². The van der Waals surface area contributed by atoms with Crippen molar-refractivity contribution in [3.63, 3.8) is 0 Å². The summed E-state index contributed by atoms with van der Waals surface area (Å²) in [6.07, 6.45) is 6.87. The minimum atomic E-state index is -0.992. The fraction of sp³-hybridized carbons (Fsp3) is 0.474. The van der Waals surface area contributed by atoms with Crippen molar-refractivity contribution in [1.29, 1.82) is 0 Å². The van der Waals surface area contributed by atoms with Gasteiger partial charge in [0.25, 0.3) is 0 Å². The summed E-state index contributed by atoms with van der Waals surface area (Å²) < 4.78 is 14.5. The van der Waals surface area contributed by atoms with E-state index >= 15 is 0 Å². The third-order valence-corrected chi connectivity index (χ3v) is 6.29. The first-order chi connectivity index (χ1) is 12.7. The van der Waals surface area contributed by atoms with Crippen LogP contribution < -0.4 is 5.32 Å². The Morgan fingerprint density at radius 1 is 1.37 bits per heavy atom. The number of halogens is 1. The van der Waals surface area contributed by atoms with E-state index in [1.165, 1.54) is 0 Å². The molecule has 1 fully saturated rings. The van der Waals surface area contributed by atoms with Crippen molar-refractivity contribution in [2.75, 3.05) is 32.4 Å². The summed E-state index contributed by atoms with van der Waals surface area (Å²) >= 11 is 0. The van der Waals surface area contributed by atoms with Crippen LogP contribution in [0.5, 0.6) is 0 Å². The van der Waals surface area contributed by atoms with Crippen LogP contribution in [0.25, 0.3) is 0 Å². The summed E-state index contributed by atoms with van der Waals surface area (Å²) in [7, 11) is 0.814. The van der Waals surface area contributed by atoms with Gasteiger partial charge in [0, 0.05) is 49.7 Å². The third-order valence-electron chi connectivity index (χ3n) is 4.91. The Balaban J connectivity index is 0.00000261. The maximum absolute atomic E-state index is 12.3. The highest BCUT2D eigenvalue weighted by molar-refractivity contribution is 14.0. The topological polar surface area (TPSA) is 62.5 Å².